The minimum absolute atomic E-state index is 0.303. The summed E-state index contributed by atoms with van der Waals surface area (Å²) in [6.45, 7) is 1.69. The van der Waals surface area contributed by atoms with Crippen LogP contribution in [0.3, 0.4) is 0 Å². The van der Waals surface area contributed by atoms with Gasteiger partial charge in [0.1, 0.15) is 0 Å². The molecule has 3 aromatic rings. The summed E-state index contributed by atoms with van der Waals surface area (Å²) in [5.41, 5.74) is 1.45. The number of carbonyl (C=O) groups excluding carboxylic acids is 1. The van der Waals surface area contributed by atoms with Gasteiger partial charge < -0.3 is 4.52 Å². The molecule has 0 saturated carbocycles. The molecule has 0 bridgehead atoms. The van der Waals surface area contributed by atoms with Gasteiger partial charge in [-0.15, -0.1) is 0 Å². The molecule has 3 rings (SSSR count). The number of nitriles is 1. The van der Waals surface area contributed by atoms with Gasteiger partial charge in [-0.05, 0) is 36.4 Å². The van der Waals surface area contributed by atoms with Crippen molar-refractivity contribution in [2.45, 2.75) is 11.8 Å². The van der Waals surface area contributed by atoms with Gasteiger partial charge in [0.05, 0.1) is 21.4 Å². The number of aryl methyl sites for hydroxylation is 1. The fourth-order valence-electron chi connectivity index (χ4n) is 2.22. The number of rotatable bonds is 3. The summed E-state index contributed by atoms with van der Waals surface area (Å²) in [5.74, 6) is 0.288. The second kappa shape index (κ2) is 6.90. The summed E-state index contributed by atoms with van der Waals surface area (Å²) < 4.78 is 21.6. The smallest absolute Gasteiger partial charge is 0.285 e. The number of amides is 1. The van der Waals surface area contributed by atoms with E-state index in [-0.39, 0.29) is 0 Å². The Kier molecular flexibility index (Phi) is 4.65. The highest BCUT2D eigenvalue weighted by Gasteiger charge is 2.12. The molecule has 1 heterocycles. The van der Waals surface area contributed by atoms with Crippen LogP contribution in [0.1, 0.15) is 21.8 Å². The van der Waals surface area contributed by atoms with Crippen LogP contribution in [0.2, 0.25) is 0 Å². The van der Waals surface area contributed by atoms with Crippen molar-refractivity contribution in [1.82, 2.24) is 10.1 Å². The van der Waals surface area contributed by atoms with Gasteiger partial charge in [-0.25, -0.2) is 4.21 Å². The Morgan fingerprint density at radius 3 is 2.35 bits per heavy atom. The number of benzene rings is 2. The van der Waals surface area contributed by atoms with E-state index in [4.69, 9.17) is 9.78 Å². The lowest BCUT2D eigenvalue weighted by molar-refractivity contribution is 0.100. The number of hydrogen-bond acceptors (Lipinski definition) is 6. The highest BCUT2D eigenvalue weighted by atomic mass is 32.2. The maximum Gasteiger partial charge on any atom is 0.285 e. The number of nitrogens with zero attached hydrogens (tertiary/aromatic N) is 4. The average molecular weight is 366 g/mol. The van der Waals surface area contributed by atoms with Crippen molar-refractivity contribution in [1.29, 1.82) is 5.26 Å². The summed E-state index contributed by atoms with van der Waals surface area (Å²) in [7, 11) is -2.92. The summed E-state index contributed by atoms with van der Waals surface area (Å²) in [6, 6.07) is 14.6. The predicted octanol–water partition coefficient (Wildman–Crippen LogP) is 3.21. The minimum Gasteiger partial charge on any atom is -0.339 e. The molecule has 0 spiro atoms. The Hall–Kier alpha value is -3.31. The zero-order valence-electron chi connectivity index (χ0n) is 14.0. The quantitative estimate of drug-likeness (QED) is 0.704. The zero-order valence-corrected chi connectivity index (χ0v) is 14.9. The second-order valence-electron chi connectivity index (χ2n) is 5.55. The lowest BCUT2D eigenvalue weighted by Gasteiger charge is -2.04. The van der Waals surface area contributed by atoms with E-state index in [1.54, 1.807) is 55.5 Å². The van der Waals surface area contributed by atoms with E-state index in [1.165, 1.54) is 6.26 Å². The van der Waals surface area contributed by atoms with Gasteiger partial charge in [0.15, 0.2) is 0 Å². The van der Waals surface area contributed by atoms with Crippen LogP contribution < -0.4 is 0 Å². The van der Waals surface area contributed by atoms with Crippen molar-refractivity contribution in [3.63, 3.8) is 0 Å². The molecular weight excluding hydrogens is 352 g/mol. The first kappa shape index (κ1) is 17.5. The van der Waals surface area contributed by atoms with Crippen molar-refractivity contribution in [3.8, 4) is 17.5 Å². The molecule has 0 saturated heterocycles. The van der Waals surface area contributed by atoms with Crippen LogP contribution in [0.5, 0.6) is 0 Å². The molecule has 1 atom stereocenters. The molecule has 1 amide bonds. The SMILES string of the molecule is Cc1nc(-c2ccc(C(=O)N=S(C)(=O)c3ccc(C#N)cc3)cc2)no1. The first-order valence-electron chi connectivity index (χ1n) is 7.56. The third-order valence-electron chi connectivity index (χ3n) is 3.60. The lowest BCUT2D eigenvalue weighted by Crippen LogP contribution is -2.04. The molecule has 8 heteroatoms. The van der Waals surface area contributed by atoms with Crippen LogP contribution in [-0.4, -0.2) is 26.5 Å². The number of hydrogen-bond donors (Lipinski definition) is 0. The third kappa shape index (κ3) is 3.68. The summed E-state index contributed by atoms with van der Waals surface area (Å²) in [4.78, 5) is 16.9. The molecular formula is C18H14N4O3S. The normalized spacial score (nSPS) is 12.8. The Morgan fingerprint density at radius 1 is 1.15 bits per heavy atom. The Balaban J connectivity index is 1.87. The van der Waals surface area contributed by atoms with E-state index in [9.17, 15) is 9.00 Å². The summed E-state index contributed by atoms with van der Waals surface area (Å²) >= 11 is 0. The van der Waals surface area contributed by atoms with Crippen LogP contribution in [0, 0.1) is 18.3 Å². The fraction of sp³-hybridized carbons (Fsp3) is 0.111. The predicted molar refractivity (Wildman–Crippen MR) is 94.7 cm³/mol. The van der Waals surface area contributed by atoms with Gasteiger partial charge in [-0.3, -0.25) is 4.79 Å². The van der Waals surface area contributed by atoms with Crippen molar-refractivity contribution in [3.05, 3.63) is 65.5 Å². The Labute approximate surface area is 150 Å². The molecule has 0 radical (unpaired) electrons. The van der Waals surface area contributed by atoms with E-state index in [1.807, 2.05) is 6.07 Å². The van der Waals surface area contributed by atoms with Crippen LogP contribution in [0.4, 0.5) is 0 Å². The largest absolute Gasteiger partial charge is 0.339 e. The molecule has 26 heavy (non-hydrogen) atoms. The van der Waals surface area contributed by atoms with E-state index in [2.05, 4.69) is 14.5 Å². The molecule has 0 fully saturated rings. The second-order valence-corrected chi connectivity index (χ2v) is 7.81. The summed E-state index contributed by atoms with van der Waals surface area (Å²) in [5, 5.41) is 12.6. The van der Waals surface area contributed by atoms with E-state index in [0.717, 1.165) is 0 Å². The molecule has 1 unspecified atom stereocenters. The average Bonchev–Trinajstić information content (AvgIpc) is 3.08. The molecule has 2 aromatic carbocycles. The number of carbonyl (C=O) groups is 1. The molecule has 0 N–H and O–H groups in total. The Morgan fingerprint density at radius 2 is 1.81 bits per heavy atom. The van der Waals surface area contributed by atoms with Crippen LogP contribution >= 0.6 is 0 Å². The topological polar surface area (TPSA) is 109 Å². The summed E-state index contributed by atoms with van der Waals surface area (Å²) in [6.07, 6.45) is 1.39. The maximum absolute atomic E-state index is 12.8. The van der Waals surface area contributed by atoms with Gasteiger partial charge >= 0.3 is 0 Å². The molecule has 0 aliphatic heterocycles. The van der Waals surface area contributed by atoms with Crippen LogP contribution in [-0.2, 0) is 9.73 Å². The number of aromatic nitrogens is 2. The molecule has 130 valence electrons. The lowest BCUT2D eigenvalue weighted by atomic mass is 10.1. The van der Waals surface area contributed by atoms with Gasteiger partial charge in [0, 0.05) is 29.2 Å². The van der Waals surface area contributed by atoms with E-state index >= 15 is 0 Å². The molecule has 7 nitrogen and oxygen atoms in total. The first-order valence-corrected chi connectivity index (χ1v) is 9.49. The van der Waals surface area contributed by atoms with Gasteiger partial charge in [-0.1, -0.05) is 17.3 Å². The van der Waals surface area contributed by atoms with Gasteiger partial charge in [0.25, 0.3) is 5.91 Å². The molecule has 0 aliphatic rings. The zero-order chi connectivity index (χ0) is 18.7. The molecule has 0 aliphatic carbocycles. The van der Waals surface area contributed by atoms with Crippen molar-refractivity contribution >= 4 is 15.6 Å². The minimum atomic E-state index is -2.92. The first-order chi connectivity index (χ1) is 12.4. The highest BCUT2D eigenvalue weighted by Crippen LogP contribution is 2.18. The van der Waals surface area contributed by atoms with Crippen molar-refractivity contribution in [2.75, 3.05) is 6.26 Å². The van der Waals surface area contributed by atoms with Gasteiger partial charge in [0.2, 0.25) is 11.7 Å². The molecule has 1 aromatic heterocycles. The highest BCUT2D eigenvalue weighted by molar-refractivity contribution is 7.93. The van der Waals surface area contributed by atoms with E-state index in [0.29, 0.717) is 33.3 Å². The van der Waals surface area contributed by atoms with Crippen LogP contribution in [0.25, 0.3) is 11.4 Å². The van der Waals surface area contributed by atoms with Crippen LogP contribution in [0.15, 0.2) is 62.3 Å². The van der Waals surface area contributed by atoms with E-state index < -0.39 is 15.6 Å². The van der Waals surface area contributed by atoms with Gasteiger partial charge in [-0.2, -0.15) is 14.6 Å². The Bertz CT molecular complexity index is 1120. The van der Waals surface area contributed by atoms with Crippen molar-refractivity contribution < 1.29 is 13.5 Å². The third-order valence-corrected chi connectivity index (χ3v) is 5.26. The monoisotopic (exact) mass is 366 g/mol. The standard InChI is InChI=1S/C18H14N4O3S/c1-12-20-17(21-25-12)14-5-7-15(8-6-14)18(23)22-26(2,24)16-9-3-13(11-19)4-10-16/h3-10H,1-2H3. The fourth-order valence-corrected chi connectivity index (χ4v) is 3.39. The maximum atomic E-state index is 12.8. The van der Waals surface area contributed by atoms with Crippen molar-refractivity contribution in [2.24, 2.45) is 4.36 Å².